The number of rotatable bonds is 0. The molecule has 2 nitrogen and oxygen atoms in total. The fraction of sp³-hybridized carbons (Fsp3) is 0. The van der Waals surface area contributed by atoms with Gasteiger partial charge in [0.25, 0.3) is 0 Å². The van der Waals surface area contributed by atoms with Crippen molar-refractivity contribution in [2.45, 2.75) is 0 Å². The second kappa shape index (κ2) is 2.94. The van der Waals surface area contributed by atoms with Crippen molar-refractivity contribution in [3.63, 3.8) is 0 Å². The Morgan fingerprint density at radius 3 is 2.40 bits per heavy atom. The maximum atomic E-state index is 7.54. The van der Waals surface area contributed by atoms with Gasteiger partial charge in [-0.05, 0) is 0 Å². The maximum Gasteiger partial charge on any atom is 0.0977 e. The van der Waals surface area contributed by atoms with Crippen molar-refractivity contribution in [1.82, 2.24) is 0 Å². The number of nitriles is 1. The predicted octanol–water partition coefficient (Wildman–Crippen LogP) is 0.305. The van der Waals surface area contributed by atoms with Gasteiger partial charge in [-0.15, -0.1) is 0 Å². The molecule has 0 spiro atoms. The van der Waals surface area contributed by atoms with Crippen molar-refractivity contribution in [3.05, 3.63) is 11.5 Å². The van der Waals surface area contributed by atoms with Crippen molar-refractivity contribution in [2.75, 3.05) is 0 Å². The SMILES string of the molecule is N#CC=C=[N-]. The summed E-state index contributed by atoms with van der Waals surface area (Å²) in [6.07, 6.45) is 0.861. The fourth-order valence-electron chi connectivity index (χ4n) is 0.0289. The zero-order valence-corrected chi connectivity index (χ0v) is 2.47. The number of allylic oxidation sites excluding steroid dienone is 1. The molecule has 0 radical (unpaired) electrons. The first-order valence-electron chi connectivity index (χ1n) is 1.02. The Kier molecular flexibility index (Phi) is 2.32. The lowest BCUT2D eigenvalue weighted by Gasteiger charge is -1.52. The second-order valence-corrected chi connectivity index (χ2v) is 0.403. The van der Waals surface area contributed by atoms with E-state index in [1.807, 2.05) is 0 Å². The van der Waals surface area contributed by atoms with Gasteiger partial charge in [0.15, 0.2) is 0 Å². The normalized spacial score (nSPS) is 3.80. The minimum absolute atomic E-state index is 0.861. The summed E-state index contributed by atoms with van der Waals surface area (Å²) in [5.74, 6) is 1.53. The number of hydrogen-bond donors (Lipinski definition) is 0. The number of hydrogen-bond acceptors (Lipinski definition) is 1. The summed E-state index contributed by atoms with van der Waals surface area (Å²) in [5.41, 5.74) is 0. The second-order valence-electron chi connectivity index (χ2n) is 0.403. The van der Waals surface area contributed by atoms with Crippen molar-refractivity contribution in [2.24, 2.45) is 0 Å². The maximum absolute atomic E-state index is 7.54. The summed E-state index contributed by atoms with van der Waals surface area (Å²) in [6.45, 7) is 0. The highest BCUT2D eigenvalue weighted by Crippen LogP contribution is 1.41. The highest BCUT2D eigenvalue weighted by molar-refractivity contribution is 5.58. The lowest BCUT2D eigenvalue weighted by Crippen LogP contribution is -1.37. The zero-order chi connectivity index (χ0) is 4.12. The molecule has 0 fully saturated rings. The first-order valence-corrected chi connectivity index (χ1v) is 1.02. The molecule has 2 heteroatoms. The lowest BCUT2D eigenvalue weighted by molar-refractivity contribution is 1.54. The van der Waals surface area contributed by atoms with Crippen LogP contribution in [-0.4, -0.2) is 5.87 Å². The summed E-state index contributed by atoms with van der Waals surface area (Å²) in [7, 11) is 0. The molecule has 0 aromatic heterocycles. The summed E-state index contributed by atoms with van der Waals surface area (Å²) < 4.78 is 0. The van der Waals surface area contributed by atoms with E-state index in [1.165, 1.54) is 11.9 Å². The minimum atomic E-state index is 0.861. The highest BCUT2D eigenvalue weighted by Gasteiger charge is 1.36. The lowest BCUT2D eigenvalue weighted by atomic mass is 10.7. The van der Waals surface area contributed by atoms with E-state index in [-0.39, 0.29) is 0 Å². The quantitative estimate of drug-likeness (QED) is 0.296. The minimum Gasteiger partial charge on any atom is -0.763 e. The van der Waals surface area contributed by atoms with Crippen LogP contribution in [0.2, 0.25) is 0 Å². The molecule has 0 aliphatic rings. The van der Waals surface area contributed by atoms with Crippen molar-refractivity contribution < 1.29 is 0 Å². The molecule has 0 heterocycles. The standard InChI is InChI=1S/C3HN2/c4-2-1-3-5/h1H/q-1. The van der Waals surface area contributed by atoms with Crippen LogP contribution in [-0.2, 0) is 0 Å². The third-order valence-corrected chi connectivity index (χ3v) is 0.129. The molecule has 0 saturated carbocycles. The molecule has 0 aliphatic heterocycles. The molecule has 0 unspecified atom stereocenters. The van der Waals surface area contributed by atoms with E-state index in [0.29, 0.717) is 0 Å². The zero-order valence-electron chi connectivity index (χ0n) is 2.47. The van der Waals surface area contributed by atoms with E-state index in [0.717, 1.165) is 6.08 Å². The van der Waals surface area contributed by atoms with Crippen LogP contribution in [0.1, 0.15) is 0 Å². The van der Waals surface area contributed by atoms with Crippen LogP contribution in [0.25, 0.3) is 5.41 Å². The summed E-state index contributed by atoms with van der Waals surface area (Å²) >= 11 is 0. The molecule has 0 atom stereocenters. The molecular formula is C3HN2-. The Bertz CT molecular complexity index is 92.0. The van der Waals surface area contributed by atoms with Crippen LogP contribution in [0.3, 0.4) is 0 Å². The summed E-state index contributed by atoms with van der Waals surface area (Å²) in [6, 6.07) is 1.53. The van der Waals surface area contributed by atoms with Gasteiger partial charge in [0.2, 0.25) is 0 Å². The molecule has 0 aromatic rings. The van der Waals surface area contributed by atoms with E-state index in [4.69, 9.17) is 10.7 Å². The van der Waals surface area contributed by atoms with Crippen molar-refractivity contribution in [1.29, 1.82) is 5.26 Å². The van der Waals surface area contributed by atoms with Crippen LogP contribution >= 0.6 is 0 Å². The van der Waals surface area contributed by atoms with Gasteiger partial charge in [-0.2, -0.15) is 5.26 Å². The first kappa shape index (κ1) is 3.94. The molecular weight excluding hydrogens is 64.0 g/mol. The van der Waals surface area contributed by atoms with Gasteiger partial charge in [-0.3, -0.25) is 5.87 Å². The molecule has 5 heavy (non-hydrogen) atoms. The van der Waals surface area contributed by atoms with Crippen LogP contribution in [0.4, 0.5) is 0 Å². The molecule has 24 valence electrons. The molecule has 0 amide bonds. The molecule has 0 rings (SSSR count). The highest BCUT2D eigenvalue weighted by atomic mass is 14.3. The van der Waals surface area contributed by atoms with Crippen molar-refractivity contribution in [3.8, 4) is 6.07 Å². The van der Waals surface area contributed by atoms with E-state index in [9.17, 15) is 0 Å². The van der Waals surface area contributed by atoms with Gasteiger partial charge in [0.1, 0.15) is 0 Å². The topological polar surface area (TPSA) is 46.1 Å². The third-order valence-electron chi connectivity index (χ3n) is 0.129. The van der Waals surface area contributed by atoms with E-state index >= 15 is 0 Å². The van der Waals surface area contributed by atoms with Gasteiger partial charge in [0, 0.05) is 6.08 Å². The third kappa shape index (κ3) is 2.94. The van der Waals surface area contributed by atoms with Gasteiger partial charge in [0.05, 0.1) is 6.07 Å². The average Bonchev–Trinajstić information content (AvgIpc) is 1.41. The average molecular weight is 65.1 g/mol. The Hall–Kier alpha value is -1.06. The fourth-order valence-corrected chi connectivity index (χ4v) is 0.0289. The molecule has 0 saturated heterocycles. The summed E-state index contributed by atoms with van der Waals surface area (Å²) in [4.78, 5) is 0. The summed E-state index contributed by atoms with van der Waals surface area (Å²) in [5, 5.41) is 15.1. The monoisotopic (exact) mass is 65.0 g/mol. The Labute approximate surface area is 29.9 Å². The van der Waals surface area contributed by atoms with Crippen LogP contribution in [0.5, 0.6) is 0 Å². The van der Waals surface area contributed by atoms with Gasteiger partial charge < -0.3 is 5.41 Å². The largest absolute Gasteiger partial charge is 0.763 e. The molecule has 0 aromatic carbocycles. The Balaban J connectivity index is 3.46. The first-order chi connectivity index (χ1) is 2.41. The van der Waals surface area contributed by atoms with Crippen molar-refractivity contribution >= 4 is 5.87 Å². The van der Waals surface area contributed by atoms with Crippen LogP contribution < -0.4 is 0 Å². The van der Waals surface area contributed by atoms with E-state index in [2.05, 4.69) is 0 Å². The van der Waals surface area contributed by atoms with Crippen LogP contribution in [0, 0.1) is 11.3 Å². The molecule has 0 aliphatic carbocycles. The molecule has 0 bridgehead atoms. The van der Waals surface area contributed by atoms with Gasteiger partial charge in [-0.25, -0.2) is 0 Å². The van der Waals surface area contributed by atoms with Gasteiger partial charge >= 0.3 is 0 Å². The van der Waals surface area contributed by atoms with E-state index in [1.54, 1.807) is 0 Å². The Morgan fingerprint density at radius 1 is 1.80 bits per heavy atom. The van der Waals surface area contributed by atoms with Crippen LogP contribution in [0.15, 0.2) is 6.08 Å². The molecule has 0 N–H and O–H groups in total. The van der Waals surface area contributed by atoms with E-state index < -0.39 is 0 Å². The smallest absolute Gasteiger partial charge is 0.0977 e. The number of nitrogens with zero attached hydrogens (tertiary/aromatic N) is 2. The predicted molar refractivity (Wildman–Crippen MR) is 18.5 cm³/mol. The van der Waals surface area contributed by atoms with Gasteiger partial charge in [-0.1, -0.05) is 0 Å². The Morgan fingerprint density at radius 2 is 2.40 bits per heavy atom.